The third-order valence-corrected chi connectivity index (χ3v) is 2.86. The third-order valence-electron chi connectivity index (χ3n) is 2.86. The van der Waals surface area contributed by atoms with Crippen LogP contribution in [0.5, 0.6) is 0 Å². The number of aliphatic hydroxyl groups is 1. The lowest BCUT2D eigenvalue weighted by Crippen LogP contribution is -1.94. The lowest BCUT2D eigenvalue weighted by atomic mass is 10.4. The molecule has 1 aliphatic carbocycles. The van der Waals surface area contributed by atoms with Gasteiger partial charge in [-0.1, -0.05) is 0 Å². The molecule has 0 unspecified atom stereocenters. The molecule has 6 nitrogen and oxygen atoms in total. The minimum absolute atomic E-state index is 0.184. The fraction of sp³-hybridized carbons (Fsp3) is 0.300. The van der Waals surface area contributed by atoms with Gasteiger partial charge in [0.1, 0.15) is 18.8 Å². The Morgan fingerprint density at radius 1 is 1.47 bits per heavy atom. The van der Waals surface area contributed by atoms with Crippen molar-refractivity contribution in [1.82, 2.24) is 19.5 Å². The van der Waals surface area contributed by atoms with Crippen molar-refractivity contribution in [3.63, 3.8) is 0 Å². The van der Waals surface area contributed by atoms with Crippen LogP contribution in [-0.4, -0.2) is 37.4 Å². The van der Waals surface area contributed by atoms with Crippen LogP contribution in [0, 0.1) is 5.92 Å². The van der Waals surface area contributed by atoms with E-state index in [0.29, 0.717) is 22.6 Å². The van der Waals surface area contributed by atoms with Gasteiger partial charge in [0.05, 0.1) is 6.61 Å². The van der Waals surface area contributed by atoms with Gasteiger partial charge in [-0.3, -0.25) is 4.57 Å². The Labute approximate surface area is 95.6 Å². The first-order valence-electron chi connectivity index (χ1n) is 5.12. The molecular weight excluding hydrogens is 225 g/mol. The van der Waals surface area contributed by atoms with Gasteiger partial charge in [-0.15, -0.1) is 0 Å². The molecule has 1 fully saturated rings. The summed E-state index contributed by atoms with van der Waals surface area (Å²) in [4.78, 5) is 11.9. The molecule has 0 bridgehead atoms. The number of alkyl halides is 1. The fourth-order valence-electron chi connectivity index (χ4n) is 1.79. The summed E-state index contributed by atoms with van der Waals surface area (Å²) in [5.74, 6) is -0.106. The second-order valence-corrected chi connectivity index (χ2v) is 3.90. The molecule has 3 rings (SSSR count). The zero-order chi connectivity index (χ0) is 12.0. The van der Waals surface area contributed by atoms with Crippen molar-refractivity contribution < 1.29 is 9.50 Å². The quantitative estimate of drug-likeness (QED) is 0.776. The minimum Gasteiger partial charge on any atom is -0.396 e. The van der Waals surface area contributed by atoms with Crippen molar-refractivity contribution in [3.8, 4) is 0 Å². The molecule has 1 saturated carbocycles. The maximum absolute atomic E-state index is 13.2. The molecule has 0 spiro atoms. The van der Waals surface area contributed by atoms with E-state index in [4.69, 9.17) is 10.8 Å². The Morgan fingerprint density at radius 3 is 3.00 bits per heavy atom. The van der Waals surface area contributed by atoms with E-state index in [0.717, 1.165) is 0 Å². The average molecular weight is 235 g/mol. The SMILES string of the molecule is Nc1ncnc2c1ncn2/C=C1/[C@@H](F)[C@@H]1CO. The fourth-order valence-corrected chi connectivity index (χ4v) is 1.79. The van der Waals surface area contributed by atoms with Crippen molar-refractivity contribution in [1.29, 1.82) is 0 Å². The van der Waals surface area contributed by atoms with Crippen molar-refractivity contribution in [2.24, 2.45) is 5.92 Å². The van der Waals surface area contributed by atoms with Crippen LogP contribution in [0.25, 0.3) is 17.4 Å². The molecule has 0 aromatic carbocycles. The summed E-state index contributed by atoms with van der Waals surface area (Å²) in [7, 11) is 0. The number of rotatable bonds is 2. The molecular formula is C10H10FN5O. The molecule has 88 valence electrons. The Kier molecular flexibility index (Phi) is 2.08. The van der Waals surface area contributed by atoms with E-state index in [2.05, 4.69) is 15.0 Å². The number of nitrogens with two attached hydrogens (primary N) is 1. The van der Waals surface area contributed by atoms with Crippen molar-refractivity contribution in [2.75, 3.05) is 12.3 Å². The van der Waals surface area contributed by atoms with Crippen molar-refractivity contribution >= 4 is 23.2 Å². The predicted molar refractivity (Wildman–Crippen MR) is 59.5 cm³/mol. The van der Waals surface area contributed by atoms with Crippen LogP contribution in [-0.2, 0) is 0 Å². The zero-order valence-corrected chi connectivity index (χ0v) is 8.79. The molecule has 0 aliphatic heterocycles. The Bertz CT molecular complexity index is 608. The van der Waals surface area contributed by atoms with Crippen LogP contribution in [0.4, 0.5) is 10.2 Å². The second-order valence-electron chi connectivity index (χ2n) is 3.90. The molecule has 3 N–H and O–H groups in total. The Balaban J connectivity index is 2.06. The first-order chi connectivity index (χ1) is 8.22. The van der Waals surface area contributed by atoms with E-state index in [1.165, 1.54) is 12.7 Å². The summed E-state index contributed by atoms with van der Waals surface area (Å²) >= 11 is 0. The number of aliphatic hydroxyl groups excluding tert-OH is 1. The molecule has 1 aliphatic rings. The number of halogens is 1. The minimum atomic E-state index is -1.07. The third kappa shape index (κ3) is 1.47. The maximum Gasteiger partial charge on any atom is 0.169 e. The largest absolute Gasteiger partial charge is 0.396 e. The Morgan fingerprint density at radius 2 is 2.29 bits per heavy atom. The normalized spacial score (nSPS) is 25.6. The predicted octanol–water partition coefficient (Wildman–Crippen LogP) is 0.210. The number of aromatic nitrogens is 4. The molecule has 0 radical (unpaired) electrons. The summed E-state index contributed by atoms with van der Waals surface area (Å²) < 4.78 is 14.8. The smallest absolute Gasteiger partial charge is 0.169 e. The molecule has 0 saturated heterocycles. The van der Waals surface area contributed by atoms with Gasteiger partial charge >= 0.3 is 0 Å². The first-order valence-corrected chi connectivity index (χ1v) is 5.12. The van der Waals surface area contributed by atoms with Gasteiger partial charge in [0.15, 0.2) is 17.0 Å². The number of nitrogen functional groups attached to an aromatic ring is 1. The summed E-state index contributed by atoms with van der Waals surface area (Å²) in [6, 6.07) is 0. The number of hydrogen-bond acceptors (Lipinski definition) is 5. The van der Waals surface area contributed by atoms with E-state index >= 15 is 0 Å². The average Bonchev–Trinajstić information content (AvgIpc) is 2.74. The number of anilines is 1. The molecule has 0 amide bonds. The zero-order valence-electron chi connectivity index (χ0n) is 8.79. The number of fused-ring (bicyclic) bond motifs is 1. The van der Waals surface area contributed by atoms with Crippen LogP contribution in [0.15, 0.2) is 18.2 Å². The van der Waals surface area contributed by atoms with Gasteiger partial charge < -0.3 is 10.8 Å². The molecule has 2 aromatic heterocycles. The van der Waals surface area contributed by atoms with Crippen molar-refractivity contribution in [2.45, 2.75) is 6.17 Å². The highest BCUT2D eigenvalue weighted by Gasteiger charge is 2.44. The molecule has 2 atom stereocenters. The number of nitrogens with zero attached hydrogens (tertiary/aromatic N) is 4. The topological polar surface area (TPSA) is 89.9 Å². The van der Waals surface area contributed by atoms with Gasteiger partial charge in [-0.25, -0.2) is 19.3 Å². The number of imidazole rings is 1. The van der Waals surface area contributed by atoms with Crippen LogP contribution >= 0.6 is 0 Å². The van der Waals surface area contributed by atoms with Crippen LogP contribution in [0.2, 0.25) is 0 Å². The van der Waals surface area contributed by atoms with E-state index in [1.807, 2.05) is 0 Å². The van der Waals surface area contributed by atoms with E-state index in [9.17, 15) is 4.39 Å². The lowest BCUT2D eigenvalue weighted by Gasteiger charge is -1.95. The number of hydrogen-bond donors (Lipinski definition) is 2. The van der Waals surface area contributed by atoms with E-state index < -0.39 is 12.1 Å². The summed E-state index contributed by atoms with van der Waals surface area (Å²) in [5, 5.41) is 8.88. The standard InChI is InChI=1S/C10H10FN5O/c11-7-5(6(7)2-17)1-16-4-15-8-9(12)13-3-14-10(8)16/h1,3-4,6-7,17H,2H2,(H2,12,13,14)/b5-1+/t6-,7-/m1/s1. The highest BCUT2D eigenvalue weighted by atomic mass is 19.1. The highest BCUT2D eigenvalue weighted by molar-refractivity contribution is 5.82. The van der Waals surface area contributed by atoms with Gasteiger partial charge in [0, 0.05) is 12.1 Å². The van der Waals surface area contributed by atoms with Gasteiger partial charge in [0.25, 0.3) is 0 Å². The Hall–Kier alpha value is -2.02. The molecule has 2 aromatic rings. The van der Waals surface area contributed by atoms with Crippen LogP contribution in [0.1, 0.15) is 0 Å². The summed E-state index contributed by atoms with van der Waals surface area (Å²) in [6.07, 6.45) is 3.35. The summed E-state index contributed by atoms with van der Waals surface area (Å²) in [5.41, 5.74) is 7.20. The van der Waals surface area contributed by atoms with Crippen LogP contribution < -0.4 is 5.73 Å². The molecule has 17 heavy (non-hydrogen) atoms. The maximum atomic E-state index is 13.2. The van der Waals surface area contributed by atoms with Gasteiger partial charge in [0.2, 0.25) is 0 Å². The van der Waals surface area contributed by atoms with E-state index in [1.54, 1.807) is 10.8 Å². The molecule has 7 heteroatoms. The lowest BCUT2D eigenvalue weighted by molar-refractivity contribution is 0.259. The van der Waals surface area contributed by atoms with E-state index in [-0.39, 0.29) is 6.61 Å². The second kappa shape index (κ2) is 3.49. The highest BCUT2D eigenvalue weighted by Crippen LogP contribution is 2.41. The summed E-state index contributed by atoms with van der Waals surface area (Å²) in [6.45, 7) is -0.184. The first kappa shape index (κ1) is 10.2. The van der Waals surface area contributed by atoms with Gasteiger partial charge in [-0.2, -0.15) is 0 Å². The van der Waals surface area contributed by atoms with Crippen molar-refractivity contribution in [3.05, 3.63) is 18.2 Å². The van der Waals surface area contributed by atoms with Gasteiger partial charge in [-0.05, 0) is 5.57 Å². The monoisotopic (exact) mass is 235 g/mol. The van der Waals surface area contributed by atoms with Crippen LogP contribution in [0.3, 0.4) is 0 Å². The molecule has 2 heterocycles.